The topological polar surface area (TPSA) is 59.0 Å². The first kappa shape index (κ1) is 17.6. The summed E-state index contributed by atoms with van der Waals surface area (Å²) in [4.78, 5) is 12.8. The molecule has 0 saturated carbocycles. The number of carboxylic acid groups (broad SMARTS) is 1. The zero-order valence-electron chi connectivity index (χ0n) is 12.9. The Balaban J connectivity index is 2.51. The van der Waals surface area contributed by atoms with Crippen LogP contribution in [0.1, 0.15) is 17.5 Å². The molecule has 0 unspecified atom stereocenters. The van der Waals surface area contributed by atoms with Crippen LogP contribution >= 0.6 is 0 Å². The van der Waals surface area contributed by atoms with E-state index in [1.165, 1.54) is 5.56 Å². The van der Waals surface area contributed by atoms with E-state index in [2.05, 4.69) is 17.0 Å². The van der Waals surface area contributed by atoms with Gasteiger partial charge in [-0.05, 0) is 17.5 Å². The number of rotatable bonds is 11. The summed E-state index contributed by atoms with van der Waals surface area (Å²) in [5.41, 5.74) is 2.27. The lowest BCUT2D eigenvalue weighted by molar-refractivity contribution is -0.136. The Morgan fingerprint density at radius 1 is 1.05 bits per heavy atom. The maximum atomic E-state index is 10.6. The van der Waals surface area contributed by atoms with Crippen LogP contribution in [0.3, 0.4) is 0 Å². The van der Waals surface area contributed by atoms with E-state index >= 15 is 0 Å². The first-order valence-corrected chi connectivity index (χ1v) is 7.15. The van der Waals surface area contributed by atoms with Crippen LogP contribution < -0.4 is 0 Å². The molecule has 0 amide bonds. The Labute approximate surface area is 126 Å². The van der Waals surface area contributed by atoms with E-state index in [0.717, 1.165) is 25.2 Å². The van der Waals surface area contributed by atoms with Crippen molar-refractivity contribution in [2.75, 3.05) is 40.5 Å². The molecule has 0 spiro atoms. The molecule has 0 saturated heterocycles. The van der Waals surface area contributed by atoms with Crippen LogP contribution in [-0.2, 0) is 27.2 Å². The van der Waals surface area contributed by atoms with E-state index in [9.17, 15) is 4.79 Å². The van der Waals surface area contributed by atoms with Crippen LogP contribution in [0.2, 0.25) is 0 Å². The molecular formula is C16H25NO4. The molecule has 5 heteroatoms. The lowest BCUT2D eigenvalue weighted by Gasteiger charge is -2.21. The summed E-state index contributed by atoms with van der Waals surface area (Å²) in [6, 6.07) is 8.12. The van der Waals surface area contributed by atoms with Crippen LogP contribution in [0.5, 0.6) is 0 Å². The van der Waals surface area contributed by atoms with Gasteiger partial charge in [0.2, 0.25) is 0 Å². The third-order valence-electron chi connectivity index (χ3n) is 3.28. The van der Waals surface area contributed by atoms with E-state index in [1.54, 1.807) is 14.2 Å². The average Bonchev–Trinajstić information content (AvgIpc) is 2.49. The quantitative estimate of drug-likeness (QED) is 0.674. The average molecular weight is 295 g/mol. The Morgan fingerprint density at radius 2 is 1.57 bits per heavy atom. The van der Waals surface area contributed by atoms with Crippen molar-refractivity contribution < 1.29 is 19.4 Å². The highest BCUT2D eigenvalue weighted by Crippen LogP contribution is 2.09. The molecule has 0 aromatic heterocycles. The van der Waals surface area contributed by atoms with Crippen molar-refractivity contribution in [3.05, 3.63) is 35.4 Å². The number of aryl methyl sites for hydroxylation is 1. The number of hydrogen-bond acceptors (Lipinski definition) is 4. The third kappa shape index (κ3) is 7.80. The molecule has 0 aliphatic carbocycles. The summed E-state index contributed by atoms with van der Waals surface area (Å²) in [5, 5.41) is 8.68. The van der Waals surface area contributed by atoms with Crippen molar-refractivity contribution >= 4 is 5.97 Å². The van der Waals surface area contributed by atoms with Crippen molar-refractivity contribution in [3.63, 3.8) is 0 Å². The third-order valence-corrected chi connectivity index (χ3v) is 3.28. The van der Waals surface area contributed by atoms with Gasteiger partial charge in [-0.1, -0.05) is 24.3 Å². The Bertz CT molecular complexity index is 397. The highest BCUT2D eigenvalue weighted by molar-refractivity contribution is 5.67. The monoisotopic (exact) mass is 295 g/mol. The Hall–Kier alpha value is -1.43. The summed E-state index contributed by atoms with van der Waals surface area (Å²) in [7, 11) is 3.40. The van der Waals surface area contributed by atoms with Crippen LogP contribution in [0, 0.1) is 0 Å². The normalized spacial score (nSPS) is 11.0. The van der Waals surface area contributed by atoms with E-state index in [1.807, 2.05) is 12.1 Å². The van der Waals surface area contributed by atoms with Gasteiger partial charge in [-0.3, -0.25) is 9.69 Å². The minimum absolute atomic E-state index is 0.174. The molecule has 0 atom stereocenters. The molecule has 1 aromatic carbocycles. The molecule has 118 valence electrons. The number of carboxylic acids is 1. The highest BCUT2D eigenvalue weighted by atomic mass is 16.5. The lowest BCUT2D eigenvalue weighted by Crippen LogP contribution is -2.30. The van der Waals surface area contributed by atoms with Gasteiger partial charge in [0.25, 0.3) is 0 Å². The summed E-state index contributed by atoms with van der Waals surface area (Å²) in [6.45, 7) is 3.95. The number of hydrogen-bond donors (Lipinski definition) is 1. The molecule has 0 radical (unpaired) electrons. The number of benzene rings is 1. The SMILES string of the molecule is COCCN(CCOC)Cc1ccc(CCC(=O)O)cc1. The molecule has 0 heterocycles. The smallest absolute Gasteiger partial charge is 0.303 e. The molecule has 21 heavy (non-hydrogen) atoms. The minimum Gasteiger partial charge on any atom is -0.481 e. The van der Waals surface area contributed by atoms with Crippen LogP contribution in [-0.4, -0.2) is 56.5 Å². The molecule has 0 fully saturated rings. The Kier molecular flexibility index (Phi) is 8.66. The summed E-state index contributed by atoms with van der Waals surface area (Å²) in [5.74, 6) is -0.760. The maximum Gasteiger partial charge on any atom is 0.303 e. The second-order valence-electron chi connectivity index (χ2n) is 4.97. The highest BCUT2D eigenvalue weighted by Gasteiger charge is 2.06. The second kappa shape index (κ2) is 10.3. The minimum atomic E-state index is -0.760. The summed E-state index contributed by atoms with van der Waals surface area (Å²) in [6.07, 6.45) is 0.750. The van der Waals surface area contributed by atoms with Gasteiger partial charge in [0.15, 0.2) is 0 Å². The molecule has 0 bridgehead atoms. The molecule has 1 N–H and O–H groups in total. The number of methoxy groups -OCH3 is 2. The van der Waals surface area contributed by atoms with Crippen LogP contribution in [0.25, 0.3) is 0 Å². The fourth-order valence-corrected chi connectivity index (χ4v) is 2.03. The van der Waals surface area contributed by atoms with Gasteiger partial charge in [-0.2, -0.15) is 0 Å². The fraction of sp³-hybridized carbons (Fsp3) is 0.562. The van der Waals surface area contributed by atoms with E-state index in [4.69, 9.17) is 14.6 Å². The fourth-order valence-electron chi connectivity index (χ4n) is 2.03. The van der Waals surface area contributed by atoms with Gasteiger partial charge < -0.3 is 14.6 Å². The molecule has 1 aromatic rings. The molecular weight excluding hydrogens is 270 g/mol. The van der Waals surface area contributed by atoms with Crippen molar-refractivity contribution in [1.29, 1.82) is 0 Å². The van der Waals surface area contributed by atoms with Crippen molar-refractivity contribution in [2.24, 2.45) is 0 Å². The number of aliphatic carboxylic acids is 1. The second-order valence-corrected chi connectivity index (χ2v) is 4.97. The predicted octanol–water partition coefficient (Wildman–Crippen LogP) is 1.80. The van der Waals surface area contributed by atoms with E-state index < -0.39 is 5.97 Å². The zero-order valence-corrected chi connectivity index (χ0v) is 12.9. The number of carbonyl (C=O) groups is 1. The first-order chi connectivity index (χ1) is 10.2. The standard InChI is InChI=1S/C16H25NO4/c1-20-11-9-17(10-12-21-2)13-15-5-3-14(4-6-15)7-8-16(18)19/h3-6H,7-13H2,1-2H3,(H,18,19). The van der Waals surface area contributed by atoms with Crippen LogP contribution in [0.15, 0.2) is 24.3 Å². The zero-order chi connectivity index (χ0) is 15.5. The van der Waals surface area contributed by atoms with Crippen molar-refractivity contribution in [1.82, 2.24) is 4.90 Å². The lowest BCUT2D eigenvalue weighted by atomic mass is 10.1. The van der Waals surface area contributed by atoms with Gasteiger partial charge in [0.1, 0.15) is 0 Å². The van der Waals surface area contributed by atoms with Gasteiger partial charge in [0.05, 0.1) is 13.2 Å². The largest absolute Gasteiger partial charge is 0.481 e. The number of nitrogens with zero attached hydrogens (tertiary/aromatic N) is 1. The molecule has 0 aliphatic heterocycles. The first-order valence-electron chi connectivity index (χ1n) is 7.15. The summed E-state index contributed by atoms with van der Waals surface area (Å²) >= 11 is 0. The molecule has 1 rings (SSSR count). The van der Waals surface area contributed by atoms with E-state index in [0.29, 0.717) is 19.6 Å². The van der Waals surface area contributed by atoms with Gasteiger partial charge >= 0.3 is 5.97 Å². The Morgan fingerprint density at radius 3 is 2.05 bits per heavy atom. The van der Waals surface area contributed by atoms with Gasteiger partial charge in [-0.25, -0.2) is 0 Å². The summed E-state index contributed by atoms with van der Waals surface area (Å²) < 4.78 is 10.3. The van der Waals surface area contributed by atoms with Crippen LogP contribution in [0.4, 0.5) is 0 Å². The molecule has 5 nitrogen and oxygen atoms in total. The number of ether oxygens (including phenoxy) is 2. The predicted molar refractivity (Wildman–Crippen MR) is 81.4 cm³/mol. The van der Waals surface area contributed by atoms with Gasteiger partial charge in [0, 0.05) is 40.3 Å². The molecule has 0 aliphatic rings. The van der Waals surface area contributed by atoms with Crippen molar-refractivity contribution in [3.8, 4) is 0 Å². The van der Waals surface area contributed by atoms with Gasteiger partial charge in [-0.15, -0.1) is 0 Å². The van der Waals surface area contributed by atoms with Crippen molar-refractivity contribution in [2.45, 2.75) is 19.4 Å². The maximum absolute atomic E-state index is 10.6. The van der Waals surface area contributed by atoms with E-state index in [-0.39, 0.29) is 6.42 Å².